The summed E-state index contributed by atoms with van der Waals surface area (Å²) >= 11 is 0. The molecule has 82 valence electrons. The van der Waals surface area contributed by atoms with E-state index in [2.05, 4.69) is 19.2 Å². The topological polar surface area (TPSA) is 55.1 Å². The molecule has 0 saturated heterocycles. The molecule has 1 atom stereocenters. The van der Waals surface area contributed by atoms with E-state index < -0.39 is 0 Å². The van der Waals surface area contributed by atoms with E-state index in [-0.39, 0.29) is 17.5 Å². The molecule has 0 aliphatic heterocycles. The highest BCUT2D eigenvalue weighted by atomic mass is 16.1. The van der Waals surface area contributed by atoms with Gasteiger partial charge in [-0.05, 0) is 46.0 Å². The van der Waals surface area contributed by atoms with Crippen LogP contribution in [0.1, 0.15) is 46.5 Å². The molecule has 1 rings (SSSR count). The molecule has 0 aromatic rings. The Kier molecular flexibility index (Phi) is 3.53. The second-order valence-corrected chi connectivity index (χ2v) is 5.06. The highest BCUT2D eigenvalue weighted by Gasteiger charge is 2.38. The van der Waals surface area contributed by atoms with Gasteiger partial charge in [0, 0.05) is 18.0 Å². The summed E-state index contributed by atoms with van der Waals surface area (Å²) in [4.78, 5) is 11.5. The molecular formula is C11H22N2O. The molecule has 1 fully saturated rings. The number of hydrogen-bond donors (Lipinski definition) is 2. The van der Waals surface area contributed by atoms with E-state index >= 15 is 0 Å². The lowest BCUT2D eigenvalue weighted by molar-refractivity contribution is -0.123. The van der Waals surface area contributed by atoms with Gasteiger partial charge in [-0.1, -0.05) is 0 Å². The normalized spacial score (nSPS) is 19.1. The van der Waals surface area contributed by atoms with Crippen LogP contribution < -0.4 is 11.1 Å². The summed E-state index contributed by atoms with van der Waals surface area (Å²) in [6, 6.07) is 0.116. The van der Waals surface area contributed by atoms with Crippen LogP contribution in [0.3, 0.4) is 0 Å². The molecule has 1 saturated carbocycles. The van der Waals surface area contributed by atoms with Gasteiger partial charge in [-0.2, -0.15) is 0 Å². The van der Waals surface area contributed by atoms with Crippen molar-refractivity contribution in [3.05, 3.63) is 0 Å². The van der Waals surface area contributed by atoms with E-state index in [0.717, 1.165) is 6.42 Å². The van der Waals surface area contributed by atoms with Crippen LogP contribution in [0.2, 0.25) is 0 Å². The molecule has 0 bridgehead atoms. The average molecular weight is 198 g/mol. The molecule has 1 aliphatic carbocycles. The highest BCUT2D eigenvalue weighted by molar-refractivity contribution is 5.76. The minimum atomic E-state index is -0.0189. The molecule has 3 N–H and O–H groups in total. The van der Waals surface area contributed by atoms with Crippen LogP contribution >= 0.6 is 0 Å². The van der Waals surface area contributed by atoms with Crippen LogP contribution in [0, 0.1) is 5.92 Å². The quantitative estimate of drug-likeness (QED) is 0.702. The maximum Gasteiger partial charge on any atom is 0.220 e. The van der Waals surface area contributed by atoms with Gasteiger partial charge in [-0.3, -0.25) is 4.79 Å². The third-order valence-corrected chi connectivity index (χ3v) is 2.89. The SMILES string of the molecule is CC(N)CCC(=O)NC(C)(C)C1CC1. The molecule has 0 aromatic heterocycles. The number of carbonyl (C=O) groups excluding carboxylic acids is 1. The van der Waals surface area contributed by atoms with Gasteiger partial charge >= 0.3 is 0 Å². The molecule has 1 amide bonds. The van der Waals surface area contributed by atoms with Crippen molar-refractivity contribution in [3.8, 4) is 0 Å². The number of carbonyl (C=O) groups is 1. The zero-order valence-electron chi connectivity index (χ0n) is 9.47. The Balaban J connectivity index is 2.25. The van der Waals surface area contributed by atoms with Gasteiger partial charge in [0.25, 0.3) is 0 Å². The minimum Gasteiger partial charge on any atom is -0.351 e. The van der Waals surface area contributed by atoms with Gasteiger partial charge in [0.1, 0.15) is 0 Å². The first kappa shape index (κ1) is 11.5. The van der Waals surface area contributed by atoms with E-state index in [4.69, 9.17) is 5.73 Å². The highest BCUT2D eigenvalue weighted by Crippen LogP contribution is 2.39. The maximum atomic E-state index is 11.5. The van der Waals surface area contributed by atoms with Crippen LogP contribution in [-0.4, -0.2) is 17.5 Å². The first-order chi connectivity index (χ1) is 6.42. The van der Waals surface area contributed by atoms with E-state index in [0.29, 0.717) is 12.3 Å². The Morgan fingerprint density at radius 1 is 1.57 bits per heavy atom. The number of amides is 1. The van der Waals surface area contributed by atoms with Crippen LogP contribution in [0.25, 0.3) is 0 Å². The molecule has 1 aliphatic rings. The van der Waals surface area contributed by atoms with Crippen molar-refractivity contribution in [1.82, 2.24) is 5.32 Å². The second kappa shape index (κ2) is 4.30. The Morgan fingerprint density at radius 3 is 2.57 bits per heavy atom. The molecule has 0 aromatic carbocycles. The van der Waals surface area contributed by atoms with Crippen molar-refractivity contribution < 1.29 is 4.79 Å². The third-order valence-electron chi connectivity index (χ3n) is 2.89. The van der Waals surface area contributed by atoms with Crippen molar-refractivity contribution in [3.63, 3.8) is 0 Å². The summed E-state index contributed by atoms with van der Waals surface area (Å²) in [5.74, 6) is 0.820. The standard InChI is InChI=1S/C11H22N2O/c1-8(12)4-7-10(14)13-11(2,3)9-5-6-9/h8-9H,4-7,12H2,1-3H3,(H,13,14). The fourth-order valence-electron chi connectivity index (χ4n) is 1.69. The van der Waals surface area contributed by atoms with Crippen molar-refractivity contribution >= 4 is 5.91 Å². The fourth-order valence-corrected chi connectivity index (χ4v) is 1.69. The van der Waals surface area contributed by atoms with Gasteiger partial charge < -0.3 is 11.1 Å². The fraction of sp³-hybridized carbons (Fsp3) is 0.909. The Morgan fingerprint density at radius 2 is 2.14 bits per heavy atom. The molecule has 0 radical (unpaired) electrons. The minimum absolute atomic E-state index is 0.0189. The van der Waals surface area contributed by atoms with E-state index in [1.807, 2.05) is 6.92 Å². The molecule has 0 heterocycles. The Bertz CT molecular complexity index is 207. The van der Waals surface area contributed by atoms with E-state index in [1.165, 1.54) is 12.8 Å². The summed E-state index contributed by atoms with van der Waals surface area (Å²) in [5.41, 5.74) is 5.58. The molecule has 1 unspecified atom stereocenters. The average Bonchev–Trinajstić information content (AvgIpc) is 2.81. The van der Waals surface area contributed by atoms with Crippen molar-refractivity contribution in [1.29, 1.82) is 0 Å². The first-order valence-electron chi connectivity index (χ1n) is 5.48. The maximum absolute atomic E-state index is 11.5. The van der Waals surface area contributed by atoms with Gasteiger partial charge in [-0.15, -0.1) is 0 Å². The number of hydrogen-bond acceptors (Lipinski definition) is 2. The number of nitrogens with one attached hydrogen (secondary N) is 1. The van der Waals surface area contributed by atoms with E-state index in [1.54, 1.807) is 0 Å². The van der Waals surface area contributed by atoms with Crippen LogP contribution in [0.5, 0.6) is 0 Å². The summed E-state index contributed by atoms with van der Waals surface area (Å²) in [6.45, 7) is 6.14. The summed E-state index contributed by atoms with van der Waals surface area (Å²) in [7, 11) is 0. The summed E-state index contributed by atoms with van der Waals surface area (Å²) in [5, 5.41) is 3.08. The van der Waals surface area contributed by atoms with Crippen molar-refractivity contribution in [2.45, 2.75) is 58.0 Å². The third kappa shape index (κ3) is 3.66. The van der Waals surface area contributed by atoms with Gasteiger partial charge in [0.15, 0.2) is 0 Å². The monoisotopic (exact) mass is 198 g/mol. The smallest absolute Gasteiger partial charge is 0.220 e. The Labute approximate surface area is 86.4 Å². The lowest BCUT2D eigenvalue weighted by Crippen LogP contribution is -2.45. The van der Waals surface area contributed by atoms with Crippen molar-refractivity contribution in [2.75, 3.05) is 0 Å². The zero-order valence-corrected chi connectivity index (χ0v) is 9.47. The second-order valence-electron chi connectivity index (χ2n) is 5.06. The van der Waals surface area contributed by atoms with Gasteiger partial charge in [0.05, 0.1) is 0 Å². The molecule has 14 heavy (non-hydrogen) atoms. The lowest BCUT2D eigenvalue weighted by atomic mass is 9.98. The van der Waals surface area contributed by atoms with Crippen LogP contribution in [0.15, 0.2) is 0 Å². The largest absolute Gasteiger partial charge is 0.351 e. The summed E-state index contributed by atoms with van der Waals surface area (Å²) in [6.07, 6.45) is 3.82. The van der Waals surface area contributed by atoms with Crippen LogP contribution in [0.4, 0.5) is 0 Å². The summed E-state index contributed by atoms with van der Waals surface area (Å²) < 4.78 is 0. The molecule has 0 spiro atoms. The predicted octanol–water partition coefficient (Wildman–Crippen LogP) is 1.42. The molecular weight excluding hydrogens is 176 g/mol. The number of nitrogens with two attached hydrogens (primary N) is 1. The number of rotatable bonds is 5. The van der Waals surface area contributed by atoms with Gasteiger partial charge in [-0.25, -0.2) is 0 Å². The van der Waals surface area contributed by atoms with Crippen LogP contribution in [-0.2, 0) is 4.79 Å². The lowest BCUT2D eigenvalue weighted by Gasteiger charge is -2.26. The Hall–Kier alpha value is -0.570. The molecule has 3 nitrogen and oxygen atoms in total. The van der Waals surface area contributed by atoms with Gasteiger partial charge in [0.2, 0.25) is 5.91 Å². The van der Waals surface area contributed by atoms with Crippen molar-refractivity contribution in [2.24, 2.45) is 11.7 Å². The first-order valence-corrected chi connectivity index (χ1v) is 5.48. The van der Waals surface area contributed by atoms with E-state index in [9.17, 15) is 4.79 Å². The predicted molar refractivity (Wildman–Crippen MR) is 57.8 cm³/mol. The molecule has 3 heteroatoms. The zero-order chi connectivity index (χ0) is 10.8.